The number of hydrogen-bond acceptors (Lipinski definition) is 7. The molecular weight excluding hydrogens is 348 g/mol. The summed E-state index contributed by atoms with van der Waals surface area (Å²) >= 11 is 2.78. The second kappa shape index (κ2) is 7.27. The van der Waals surface area contributed by atoms with E-state index >= 15 is 0 Å². The lowest BCUT2D eigenvalue weighted by Gasteiger charge is -2.30. The van der Waals surface area contributed by atoms with Crippen LogP contribution in [0.25, 0.3) is 0 Å². The van der Waals surface area contributed by atoms with Gasteiger partial charge in [0.15, 0.2) is 0 Å². The molecule has 7 nitrogen and oxygen atoms in total. The maximum Gasteiger partial charge on any atom is 0.277 e. The molecule has 0 spiro atoms. The van der Waals surface area contributed by atoms with Crippen LogP contribution in [0.3, 0.4) is 0 Å². The third-order valence-corrected chi connectivity index (χ3v) is 4.84. The molecule has 24 heavy (non-hydrogen) atoms. The third-order valence-electron chi connectivity index (χ3n) is 3.38. The molecule has 2 amide bonds. The minimum Gasteiger partial charge on any atom is -0.415 e. The predicted octanol–water partition coefficient (Wildman–Crippen LogP) is 2.40. The number of benzene rings is 1. The number of fused-ring (bicyclic) bond motifs is 1. The number of thioether (sulfide) groups is 2. The Morgan fingerprint density at radius 2 is 2.21 bits per heavy atom. The lowest BCUT2D eigenvalue weighted by atomic mass is 10.2. The minimum atomic E-state index is -0.452. The molecule has 1 N–H and O–H groups in total. The summed E-state index contributed by atoms with van der Waals surface area (Å²) in [5.74, 6) is 0.786. The van der Waals surface area contributed by atoms with E-state index in [0.717, 1.165) is 0 Å². The van der Waals surface area contributed by atoms with Gasteiger partial charge in [0.05, 0.1) is 22.4 Å². The number of anilines is 2. The monoisotopic (exact) mass is 364 g/mol. The highest BCUT2D eigenvalue weighted by molar-refractivity contribution is 8.00. The largest absolute Gasteiger partial charge is 0.415 e. The fourth-order valence-corrected chi connectivity index (χ4v) is 3.44. The smallest absolute Gasteiger partial charge is 0.277 e. The molecule has 0 saturated heterocycles. The summed E-state index contributed by atoms with van der Waals surface area (Å²) in [4.78, 5) is 26.1. The van der Waals surface area contributed by atoms with Crippen molar-refractivity contribution in [3.05, 3.63) is 30.2 Å². The van der Waals surface area contributed by atoms with Crippen LogP contribution >= 0.6 is 23.5 Å². The van der Waals surface area contributed by atoms with Crippen LogP contribution in [0.1, 0.15) is 12.8 Å². The zero-order valence-electron chi connectivity index (χ0n) is 13.2. The normalized spacial score (nSPS) is 14.9. The predicted molar refractivity (Wildman–Crippen MR) is 94.3 cm³/mol. The topological polar surface area (TPSA) is 88.3 Å². The van der Waals surface area contributed by atoms with Crippen LogP contribution in [0.2, 0.25) is 0 Å². The number of para-hydroxylation sites is 2. The first-order valence-electron chi connectivity index (χ1n) is 7.26. The minimum absolute atomic E-state index is 0.00229. The van der Waals surface area contributed by atoms with Gasteiger partial charge in [-0.05, 0) is 25.3 Å². The van der Waals surface area contributed by atoms with Crippen LogP contribution < -0.4 is 10.2 Å². The summed E-state index contributed by atoms with van der Waals surface area (Å²) in [6.45, 7) is 1.77. The number of carbonyl (C=O) groups excluding carboxylic acids is 2. The molecule has 2 heterocycles. The third kappa shape index (κ3) is 3.57. The Kier molecular flexibility index (Phi) is 5.10. The molecule has 0 unspecified atom stereocenters. The standard InChI is InChI=1S/C15H16N4O3S2/c1-9(24-15-18-17-13(22-15)8-23-2)14(21)19-7-12(20)16-10-5-3-4-6-11(10)19/h3-6,9H,7-8H2,1-2H3,(H,16,20)/t9-/m1/s1. The van der Waals surface area contributed by atoms with E-state index in [4.69, 9.17) is 4.42 Å². The molecule has 9 heteroatoms. The summed E-state index contributed by atoms with van der Waals surface area (Å²) in [7, 11) is 0. The van der Waals surface area contributed by atoms with Gasteiger partial charge >= 0.3 is 0 Å². The van der Waals surface area contributed by atoms with Crippen molar-refractivity contribution in [3.8, 4) is 0 Å². The van der Waals surface area contributed by atoms with Gasteiger partial charge in [-0.3, -0.25) is 14.5 Å². The zero-order valence-corrected chi connectivity index (χ0v) is 14.8. The Hall–Kier alpha value is -2.00. The molecule has 0 radical (unpaired) electrons. The first-order chi connectivity index (χ1) is 11.6. The van der Waals surface area contributed by atoms with Crippen molar-refractivity contribution in [2.24, 2.45) is 0 Å². The lowest BCUT2D eigenvalue weighted by Crippen LogP contribution is -2.45. The average Bonchev–Trinajstić information content (AvgIpc) is 3.00. The molecular formula is C15H16N4O3S2. The maximum atomic E-state index is 12.8. The molecule has 0 aliphatic carbocycles. The summed E-state index contributed by atoms with van der Waals surface area (Å²) in [6, 6.07) is 7.24. The van der Waals surface area contributed by atoms with Gasteiger partial charge < -0.3 is 9.73 Å². The summed E-state index contributed by atoms with van der Waals surface area (Å²) < 4.78 is 5.49. The number of nitrogens with one attached hydrogen (secondary N) is 1. The first kappa shape index (κ1) is 16.8. The molecule has 1 aromatic heterocycles. The summed E-state index contributed by atoms with van der Waals surface area (Å²) in [6.07, 6.45) is 1.95. The van der Waals surface area contributed by atoms with E-state index in [-0.39, 0.29) is 18.4 Å². The number of hydrogen-bond donors (Lipinski definition) is 1. The molecule has 1 atom stereocenters. The Morgan fingerprint density at radius 1 is 1.42 bits per heavy atom. The molecule has 126 valence electrons. The van der Waals surface area contributed by atoms with Gasteiger partial charge in [0.1, 0.15) is 6.54 Å². The lowest BCUT2D eigenvalue weighted by molar-refractivity contribution is -0.121. The van der Waals surface area contributed by atoms with Crippen molar-refractivity contribution >= 4 is 46.7 Å². The van der Waals surface area contributed by atoms with Gasteiger partial charge in [-0.25, -0.2) is 0 Å². The molecule has 0 fully saturated rings. The molecule has 2 aromatic rings. The van der Waals surface area contributed by atoms with E-state index < -0.39 is 5.25 Å². The van der Waals surface area contributed by atoms with Crippen molar-refractivity contribution in [2.75, 3.05) is 23.0 Å². The Bertz CT molecular complexity index is 765. The van der Waals surface area contributed by atoms with Gasteiger partial charge in [-0.2, -0.15) is 11.8 Å². The van der Waals surface area contributed by atoms with Crippen LogP contribution in [0.4, 0.5) is 11.4 Å². The fraction of sp³-hybridized carbons (Fsp3) is 0.333. The van der Waals surface area contributed by atoms with Gasteiger partial charge in [-0.1, -0.05) is 23.9 Å². The Labute approximate surface area is 147 Å². The van der Waals surface area contributed by atoms with Crippen molar-refractivity contribution in [3.63, 3.8) is 0 Å². The number of nitrogens with zero attached hydrogens (tertiary/aromatic N) is 3. The quantitative estimate of drug-likeness (QED) is 0.815. The zero-order chi connectivity index (χ0) is 17.1. The Balaban J connectivity index is 1.74. The molecule has 1 aliphatic heterocycles. The highest BCUT2D eigenvalue weighted by Gasteiger charge is 2.30. The van der Waals surface area contributed by atoms with Gasteiger partial charge in [0.25, 0.3) is 5.22 Å². The van der Waals surface area contributed by atoms with Crippen molar-refractivity contribution < 1.29 is 14.0 Å². The van der Waals surface area contributed by atoms with E-state index in [9.17, 15) is 9.59 Å². The van der Waals surface area contributed by atoms with E-state index in [0.29, 0.717) is 28.2 Å². The highest BCUT2D eigenvalue weighted by Crippen LogP contribution is 2.32. The molecule has 1 aliphatic rings. The summed E-state index contributed by atoms with van der Waals surface area (Å²) in [5, 5.41) is 10.5. The number of carbonyl (C=O) groups is 2. The van der Waals surface area contributed by atoms with Crippen molar-refractivity contribution in [1.29, 1.82) is 0 Å². The van der Waals surface area contributed by atoms with Crippen LogP contribution in [-0.2, 0) is 15.3 Å². The average molecular weight is 364 g/mol. The number of amides is 2. The second-order valence-corrected chi connectivity index (χ2v) is 7.30. The van der Waals surface area contributed by atoms with E-state index in [1.807, 2.05) is 24.5 Å². The van der Waals surface area contributed by atoms with E-state index in [2.05, 4.69) is 15.5 Å². The van der Waals surface area contributed by atoms with Crippen LogP contribution in [0.5, 0.6) is 0 Å². The van der Waals surface area contributed by atoms with Crippen LogP contribution in [0, 0.1) is 0 Å². The van der Waals surface area contributed by atoms with Gasteiger partial charge in [0.2, 0.25) is 17.7 Å². The van der Waals surface area contributed by atoms with Crippen LogP contribution in [0.15, 0.2) is 33.9 Å². The van der Waals surface area contributed by atoms with E-state index in [1.54, 1.807) is 24.8 Å². The molecule has 0 bridgehead atoms. The molecule has 1 aromatic carbocycles. The molecule has 3 rings (SSSR count). The van der Waals surface area contributed by atoms with Gasteiger partial charge in [-0.15, -0.1) is 10.2 Å². The Morgan fingerprint density at radius 3 is 3.00 bits per heavy atom. The number of rotatable bonds is 5. The van der Waals surface area contributed by atoms with Gasteiger partial charge in [0, 0.05) is 0 Å². The fourth-order valence-electron chi connectivity index (χ4n) is 2.32. The second-order valence-electron chi connectivity index (χ2n) is 5.14. The number of aromatic nitrogens is 2. The maximum absolute atomic E-state index is 12.8. The van der Waals surface area contributed by atoms with E-state index in [1.165, 1.54) is 16.7 Å². The SMILES string of the molecule is CSCc1nnc(S[C@H](C)C(=O)N2CC(=O)Nc3ccccc32)o1. The summed E-state index contributed by atoms with van der Waals surface area (Å²) in [5.41, 5.74) is 1.34. The first-order valence-corrected chi connectivity index (χ1v) is 9.54. The van der Waals surface area contributed by atoms with Crippen molar-refractivity contribution in [1.82, 2.24) is 10.2 Å². The van der Waals surface area contributed by atoms with Crippen LogP contribution in [-0.4, -0.2) is 40.1 Å². The van der Waals surface area contributed by atoms with Crippen molar-refractivity contribution in [2.45, 2.75) is 23.1 Å². The molecule has 0 saturated carbocycles. The highest BCUT2D eigenvalue weighted by atomic mass is 32.2.